The molecule has 0 aliphatic heterocycles. The zero-order valence-corrected chi connectivity index (χ0v) is 12.0. The maximum atomic E-state index is 9.69. The highest BCUT2D eigenvalue weighted by Crippen LogP contribution is 2.21. The Balaban J connectivity index is 1.99. The highest BCUT2D eigenvalue weighted by atomic mass is 16.3. The predicted molar refractivity (Wildman–Crippen MR) is 77.0 cm³/mol. The molecule has 4 nitrogen and oxygen atoms in total. The van der Waals surface area contributed by atoms with Crippen LogP contribution in [0.4, 0.5) is 0 Å². The number of aromatic nitrogens is 2. The van der Waals surface area contributed by atoms with Gasteiger partial charge in [0.2, 0.25) is 0 Å². The van der Waals surface area contributed by atoms with E-state index >= 15 is 0 Å². The van der Waals surface area contributed by atoms with Crippen LogP contribution in [-0.2, 0) is 6.54 Å². The molecule has 1 atom stereocenters. The fourth-order valence-corrected chi connectivity index (χ4v) is 3.01. The minimum absolute atomic E-state index is 0.0251. The van der Waals surface area contributed by atoms with E-state index in [4.69, 9.17) is 0 Å². The number of imidazole rings is 1. The highest BCUT2D eigenvalue weighted by Gasteiger charge is 2.20. The summed E-state index contributed by atoms with van der Waals surface area (Å²) in [7, 11) is 0. The lowest BCUT2D eigenvalue weighted by Gasteiger charge is -2.24. The van der Waals surface area contributed by atoms with Crippen LogP contribution in [0.5, 0.6) is 0 Å². The number of aryl methyl sites for hydroxylation is 1. The Morgan fingerprint density at radius 1 is 1.37 bits per heavy atom. The maximum absolute atomic E-state index is 9.69. The summed E-state index contributed by atoms with van der Waals surface area (Å²) in [6.45, 7) is 3.28. The van der Waals surface area contributed by atoms with Crippen molar-refractivity contribution in [1.29, 1.82) is 0 Å². The second kappa shape index (κ2) is 7.65. The number of nitrogens with zero attached hydrogens (tertiary/aromatic N) is 2. The summed E-state index contributed by atoms with van der Waals surface area (Å²) < 4.78 is 2.16. The van der Waals surface area contributed by atoms with E-state index in [-0.39, 0.29) is 12.6 Å². The summed E-state index contributed by atoms with van der Waals surface area (Å²) in [5, 5.41) is 13.3. The smallest absolute Gasteiger partial charge is 0.0948 e. The summed E-state index contributed by atoms with van der Waals surface area (Å²) >= 11 is 0. The van der Waals surface area contributed by atoms with Crippen LogP contribution in [0.25, 0.3) is 0 Å². The van der Waals surface area contributed by atoms with Crippen LogP contribution in [0.1, 0.15) is 63.6 Å². The van der Waals surface area contributed by atoms with Gasteiger partial charge in [0.25, 0.3) is 0 Å². The van der Waals surface area contributed by atoms with E-state index in [0.717, 1.165) is 18.7 Å². The van der Waals surface area contributed by atoms with Gasteiger partial charge >= 0.3 is 0 Å². The fourth-order valence-electron chi connectivity index (χ4n) is 3.01. The molecule has 0 aromatic carbocycles. The van der Waals surface area contributed by atoms with E-state index in [1.54, 1.807) is 0 Å². The molecule has 0 bridgehead atoms. The standard InChI is InChI=1S/C15H27N3O/c1-2-9-18-12-16-10-15(18)14(11-19)17-13-7-5-3-4-6-8-13/h10,12-14,17,19H,2-9,11H2,1H3. The van der Waals surface area contributed by atoms with Crippen molar-refractivity contribution in [3.8, 4) is 0 Å². The first-order chi connectivity index (χ1) is 9.35. The molecule has 4 heteroatoms. The summed E-state index contributed by atoms with van der Waals surface area (Å²) in [6.07, 6.45) is 12.7. The Morgan fingerprint density at radius 3 is 2.74 bits per heavy atom. The Hall–Kier alpha value is -0.870. The maximum Gasteiger partial charge on any atom is 0.0948 e. The van der Waals surface area contributed by atoms with Crippen molar-refractivity contribution in [3.63, 3.8) is 0 Å². The molecule has 1 unspecified atom stereocenters. The van der Waals surface area contributed by atoms with Gasteiger partial charge in [-0.3, -0.25) is 0 Å². The van der Waals surface area contributed by atoms with E-state index in [0.29, 0.717) is 6.04 Å². The molecule has 1 saturated carbocycles. The number of nitrogens with one attached hydrogen (secondary N) is 1. The van der Waals surface area contributed by atoms with Crippen molar-refractivity contribution < 1.29 is 5.11 Å². The first-order valence-electron chi connectivity index (χ1n) is 7.72. The number of rotatable bonds is 6. The zero-order chi connectivity index (χ0) is 13.5. The second-order valence-electron chi connectivity index (χ2n) is 5.60. The second-order valence-corrected chi connectivity index (χ2v) is 5.60. The SMILES string of the molecule is CCCn1cncc1C(CO)NC1CCCCCC1. The summed E-state index contributed by atoms with van der Waals surface area (Å²) in [6, 6.07) is 0.571. The number of aliphatic hydroxyl groups is 1. The number of hydrogen-bond acceptors (Lipinski definition) is 3. The quantitative estimate of drug-likeness (QED) is 0.777. The van der Waals surface area contributed by atoms with E-state index in [1.165, 1.54) is 38.5 Å². The lowest BCUT2D eigenvalue weighted by Crippen LogP contribution is -2.35. The van der Waals surface area contributed by atoms with E-state index in [1.807, 2.05) is 12.5 Å². The Labute approximate surface area is 116 Å². The summed E-state index contributed by atoms with van der Waals surface area (Å²) in [5.41, 5.74) is 1.12. The molecule has 1 aliphatic rings. The Kier molecular flexibility index (Phi) is 5.86. The normalized spacial score (nSPS) is 19.3. The van der Waals surface area contributed by atoms with Crippen LogP contribution < -0.4 is 5.32 Å². The van der Waals surface area contributed by atoms with Gasteiger partial charge in [0, 0.05) is 18.8 Å². The van der Waals surface area contributed by atoms with E-state index in [9.17, 15) is 5.11 Å². The van der Waals surface area contributed by atoms with Gasteiger partial charge in [0.15, 0.2) is 0 Å². The van der Waals surface area contributed by atoms with Gasteiger partial charge in [-0.05, 0) is 19.3 Å². The summed E-state index contributed by atoms with van der Waals surface area (Å²) in [5.74, 6) is 0. The molecule has 0 radical (unpaired) electrons. The van der Waals surface area contributed by atoms with E-state index in [2.05, 4.69) is 21.8 Å². The average molecular weight is 265 g/mol. The Bertz CT molecular complexity index is 356. The van der Waals surface area contributed by atoms with Gasteiger partial charge in [-0.1, -0.05) is 32.6 Å². The monoisotopic (exact) mass is 265 g/mol. The lowest BCUT2D eigenvalue weighted by atomic mass is 10.1. The topological polar surface area (TPSA) is 50.1 Å². The van der Waals surface area contributed by atoms with Crippen LogP contribution in [-0.4, -0.2) is 27.3 Å². The van der Waals surface area contributed by atoms with Crippen LogP contribution in [0.15, 0.2) is 12.5 Å². The van der Waals surface area contributed by atoms with Crippen LogP contribution >= 0.6 is 0 Å². The van der Waals surface area contributed by atoms with Crippen LogP contribution in [0, 0.1) is 0 Å². The third-order valence-electron chi connectivity index (χ3n) is 4.04. The molecule has 0 spiro atoms. The molecular formula is C15H27N3O. The van der Waals surface area contributed by atoms with Crippen LogP contribution in [0.3, 0.4) is 0 Å². The van der Waals surface area contributed by atoms with E-state index < -0.39 is 0 Å². The molecule has 108 valence electrons. The molecule has 1 aromatic heterocycles. The van der Waals surface area contributed by atoms with Crippen molar-refractivity contribution in [2.45, 2.75) is 70.5 Å². The first-order valence-corrected chi connectivity index (χ1v) is 7.72. The van der Waals surface area contributed by atoms with Gasteiger partial charge < -0.3 is 15.0 Å². The molecule has 19 heavy (non-hydrogen) atoms. The third kappa shape index (κ3) is 4.05. The highest BCUT2D eigenvalue weighted by molar-refractivity contribution is 5.06. The van der Waals surface area contributed by atoms with Gasteiger partial charge in [0.05, 0.1) is 24.7 Å². The number of hydrogen-bond donors (Lipinski definition) is 2. The van der Waals surface area contributed by atoms with Crippen molar-refractivity contribution in [1.82, 2.24) is 14.9 Å². The van der Waals surface area contributed by atoms with Crippen LogP contribution in [0.2, 0.25) is 0 Å². The van der Waals surface area contributed by atoms with Gasteiger partial charge in [-0.2, -0.15) is 0 Å². The summed E-state index contributed by atoms with van der Waals surface area (Å²) in [4.78, 5) is 4.23. The molecule has 1 heterocycles. The largest absolute Gasteiger partial charge is 0.394 e. The fraction of sp³-hybridized carbons (Fsp3) is 0.800. The predicted octanol–water partition coefficient (Wildman–Crippen LogP) is 2.64. The minimum atomic E-state index is 0.0251. The molecular weight excluding hydrogens is 238 g/mol. The first kappa shape index (κ1) is 14.5. The van der Waals surface area contributed by atoms with Crippen molar-refractivity contribution in [2.75, 3.05) is 6.61 Å². The zero-order valence-electron chi connectivity index (χ0n) is 12.0. The van der Waals surface area contributed by atoms with Crippen molar-refractivity contribution in [2.24, 2.45) is 0 Å². The van der Waals surface area contributed by atoms with Gasteiger partial charge in [0.1, 0.15) is 0 Å². The van der Waals surface area contributed by atoms with Gasteiger partial charge in [-0.15, -0.1) is 0 Å². The minimum Gasteiger partial charge on any atom is -0.394 e. The molecule has 1 aromatic rings. The molecule has 2 rings (SSSR count). The molecule has 1 fully saturated rings. The Morgan fingerprint density at radius 2 is 2.11 bits per heavy atom. The third-order valence-corrected chi connectivity index (χ3v) is 4.04. The lowest BCUT2D eigenvalue weighted by molar-refractivity contribution is 0.222. The average Bonchev–Trinajstić information content (AvgIpc) is 2.72. The molecule has 2 N–H and O–H groups in total. The van der Waals surface area contributed by atoms with Gasteiger partial charge in [-0.25, -0.2) is 4.98 Å². The van der Waals surface area contributed by atoms with Crippen molar-refractivity contribution in [3.05, 3.63) is 18.2 Å². The number of aliphatic hydroxyl groups excluding tert-OH is 1. The molecule has 0 saturated heterocycles. The molecule has 0 amide bonds. The molecule has 1 aliphatic carbocycles. The van der Waals surface area contributed by atoms with Crippen molar-refractivity contribution >= 4 is 0 Å².